The van der Waals surface area contributed by atoms with Gasteiger partial charge < -0.3 is 10.6 Å². The zero-order valence-corrected chi connectivity index (χ0v) is 16.8. The van der Waals surface area contributed by atoms with Crippen LogP contribution in [0.1, 0.15) is 60.8 Å². The highest BCUT2D eigenvalue weighted by atomic mass is 35.5. The molecule has 0 aromatic carbocycles. The van der Waals surface area contributed by atoms with Gasteiger partial charge in [-0.3, -0.25) is 14.9 Å². The van der Waals surface area contributed by atoms with Crippen LogP contribution in [0.4, 0.5) is 5.82 Å². The molecule has 0 spiro atoms. The van der Waals surface area contributed by atoms with Crippen molar-refractivity contribution in [3.8, 4) is 0 Å². The highest BCUT2D eigenvalue weighted by molar-refractivity contribution is 6.30. The van der Waals surface area contributed by atoms with Crippen LogP contribution in [-0.4, -0.2) is 33.7 Å². The van der Waals surface area contributed by atoms with E-state index < -0.39 is 0 Å². The number of pyridine rings is 1. The molecule has 1 fully saturated rings. The number of aromatic nitrogens is 3. The van der Waals surface area contributed by atoms with E-state index in [2.05, 4.69) is 38.8 Å². The van der Waals surface area contributed by atoms with Gasteiger partial charge in [0, 0.05) is 30.5 Å². The molecule has 1 amide bonds. The number of amides is 1. The molecule has 1 aliphatic rings. The fourth-order valence-corrected chi connectivity index (χ4v) is 3.77. The minimum absolute atomic E-state index is 0.0796. The van der Waals surface area contributed by atoms with Crippen LogP contribution in [0.2, 0.25) is 5.02 Å². The number of aryl methyl sites for hydroxylation is 2. The first-order chi connectivity index (χ1) is 13.0. The van der Waals surface area contributed by atoms with E-state index in [1.54, 1.807) is 12.3 Å². The Kier molecular flexibility index (Phi) is 6.72. The fourth-order valence-electron chi connectivity index (χ4n) is 3.61. The van der Waals surface area contributed by atoms with Crippen LogP contribution in [-0.2, 0) is 6.42 Å². The molecule has 2 heterocycles. The minimum atomic E-state index is -0.0796. The molecule has 0 saturated heterocycles. The zero-order valence-electron chi connectivity index (χ0n) is 16.0. The maximum absolute atomic E-state index is 12.5. The smallest absolute Gasteiger partial charge is 0.253 e. The number of rotatable bonds is 7. The number of nitrogens with zero attached hydrogens (tertiary/aromatic N) is 2. The third-order valence-corrected chi connectivity index (χ3v) is 5.41. The van der Waals surface area contributed by atoms with E-state index in [9.17, 15) is 4.79 Å². The molecule has 0 bridgehead atoms. The molecule has 0 aliphatic heterocycles. The Hall–Kier alpha value is -2.08. The summed E-state index contributed by atoms with van der Waals surface area (Å²) in [5.74, 6) is 1.46. The molecule has 3 rings (SSSR count). The van der Waals surface area contributed by atoms with Crippen LogP contribution < -0.4 is 10.6 Å². The van der Waals surface area contributed by atoms with E-state index in [0.29, 0.717) is 22.2 Å². The van der Waals surface area contributed by atoms with Crippen molar-refractivity contribution in [1.82, 2.24) is 20.5 Å². The minimum Gasteiger partial charge on any atom is -0.368 e. The van der Waals surface area contributed by atoms with E-state index >= 15 is 0 Å². The lowest BCUT2D eigenvalue weighted by Crippen LogP contribution is -2.38. The van der Waals surface area contributed by atoms with E-state index in [1.165, 1.54) is 5.69 Å². The number of anilines is 1. The third-order valence-electron chi connectivity index (χ3n) is 5.20. The molecule has 3 N–H and O–H groups in total. The number of H-pyrrole nitrogens is 1. The van der Waals surface area contributed by atoms with Gasteiger partial charge in [0.2, 0.25) is 0 Å². The van der Waals surface area contributed by atoms with E-state index in [1.807, 2.05) is 6.92 Å². The molecule has 1 saturated carbocycles. The second-order valence-corrected chi connectivity index (χ2v) is 7.82. The van der Waals surface area contributed by atoms with Crippen molar-refractivity contribution in [2.75, 3.05) is 11.9 Å². The molecule has 2 aromatic heterocycles. The van der Waals surface area contributed by atoms with Gasteiger partial charge in [-0.25, -0.2) is 0 Å². The summed E-state index contributed by atoms with van der Waals surface area (Å²) in [5, 5.41) is 14.4. The van der Waals surface area contributed by atoms with Crippen molar-refractivity contribution in [3.05, 3.63) is 40.3 Å². The van der Waals surface area contributed by atoms with E-state index in [4.69, 9.17) is 11.6 Å². The predicted molar refractivity (Wildman–Crippen MR) is 108 cm³/mol. The molecule has 1 aliphatic carbocycles. The quantitative estimate of drug-likeness (QED) is 0.665. The lowest BCUT2D eigenvalue weighted by Gasteiger charge is -2.29. The van der Waals surface area contributed by atoms with Crippen LogP contribution in [0.5, 0.6) is 0 Å². The molecule has 27 heavy (non-hydrogen) atoms. The van der Waals surface area contributed by atoms with Gasteiger partial charge in [-0.05, 0) is 51.0 Å². The summed E-state index contributed by atoms with van der Waals surface area (Å²) in [6.45, 7) is 4.92. The molecule has 2 aromatic rings. The normalized spacial score (nSPS) is 19.7. The van der Waals surface area contributed by atoms with Crippen LogP contribution in [0.15, 0.2) is 18.3 Å². The van der Waals surface area contributed by atoms with Gasteiger partial charge in [-0.2, -0.15) is 5.10 Å². The highest BCUT2D eigenvalue weighted by Gasteiger charge is 2.23. The molecule has 6 nitrogen and oxygen atoms in total. The fraction of sp³-hybridized carbons (Fsp3) is 0.550. The maximum Gasteiger partial charge on any atom is 0.253 e. The summed E-state index contributed by atoms with van der Waals surface area (Å²) >= 11 is 5.97. The number of carbonyl (C=O) groups is 1. The van der Waals surface area contributed by atoms with Crippen molar-refractivity contribution in [2.45, 2.75) is 58.4 Å². The Morgan fingerprint density at radius 2 is 2.07 bits per heavy atom. The lowest BCUT2D eigenvalue weighted by molar-refractivity contribution is 0.0921. The van der Waals surface area contributed by atoms with Gasteiger partial charge >= 0.3 is 0 Å². The average Bonchev–Trinajstić information content (AvgIpc) is 3.11. The van der Waals surface area contributed by atoms with Crippen molar-refractivity contribution < 1.29 is 4.79 Å². The molecule has 7 heteroatoms. The molecular formula is C20H28ClN5O. The van der Waals surface area contributed by atoms with Crippen molar-refractivity contribution in [2.24, 2.45) is 5.92 Å². The topological polar surface area (TPSA) is 82.7 Å². The summed E-state index contributed by atoms with van der Waals surface area (Å²) in [6, 6.07) is 4.00. The van der Waals surface area contributed by atoms with Gasteiger partial charge in [0.15, 0.2) is 0 Å². The average molecular weight is 390 g/mol. The van der Waals surface area contributed by atoms with Crippen LogP contribution in [0.25, 0.3) is 0 Å². The first-order valence-electron chi connectivity index (χ1n) is 9.76. The van der Waals surface area contributed by atoms with E-state index in [0.717, 1.165) is 50.9 Å². The number of hydrogen-bond donors (Lipinski definition) is 3. The predicted octanol–water partition coefficient (Wildman–Crippen LogP) is 4.12. The standard InChI is InChI=1S/C20H28ClN5O/c1-3-4-17-10-19(26-25-17)23-11-14-5-7-16(8-6-14)24-20(27)18-9-15(21)12-22-13(18)2/h9-10,12,14,16H,3-8,11H2,1-2H3,(H,24,27)(H2,23,25,26)/t14-,16-. The number of halogens is 1. The van der Waals surface area contributed by atoms with E-state index in [-0.39, 0.29) is 11.9 Å². The Bertz CT molecular complexity index is 767. The first kappa shape index (κ1) is 19.7. The summed E-state index contributed by atoms with van der Waals surface area (Å²) in [5.41, 5.74) is 2.45. The monoisotopic (exact) mass is 389 g/mol. The number of aromatic amines is 1. The van der Waals surface area contributed by atoms with Crippen LogP contribution >= 0.6 is 11.6 Å². The van der Waals surface area contributed by atoms with Gasteiger partial charge in [-0.15, -0.1) is 0 Å². The van der Waals surface area contributed by atoms with Crippen molar-refractivity contribution in [1.29, 1.82) is 0 Å². The summed E-state index contributed by atoms with van der Waals surface area (Å²) in [4.78, 5) is 16.7. The molecule has 0 radical (unpaired) electrons. The first-order valence-corrected chi connectivity index (χ1v) is 10.1. The Morgan fingerprint density at radius 1 is 1.30 bits per heavy atom. The summed E-state index contributed by atoms with van der Waals surface area (Å²) in [6.07, 6.45) is 7.88. The molecule has 146 valence electrons. The van der Waals surface area contributed by atoms with Gasteiger partial charge in [0.05, 0.1) is 16.3 Å². The van der Waals surface area contributed by atoms with Crippen molar-refractivity contribution in [3.63, 3.8) is 0 Å². The second-order valence-electron chi connectivity index (χ2n) is 7.39. The SMILES string of the molecule is CCCc1cc(NC[C@H]2CC[C@H](NC(=O)c3cc(Cl)cnc3C)CC2)n[nH]1. The number of hydrogen-bond acceptors (Lipinski definition) is 4. The van der Waals surface area contributed by atoms with Gasteiger partial charge in [0.25, 0.3) is 5.91 Å². The molecule has 0 unspecified atom stereocenters. The lowest BCUT2D eigenvalue weighted by atomic mass is 9.86. The second kappa shape index (κ2) is 9.22. The van der Waals surface area contributed by atoms with Crippen molar-refractivity contribution >= 4 is 23.3 Å². The Labute approximate surface area is 165 Å². The maximum atomic E-state index is 12.5. The molecular weight excluding hydrogens is 362 g/mol. The third kappa shape index (κ3) is 5.45. The Balaban J connectivity index is 1.43. The summed E-state index contributed by atoms with van der Waals surface area (Å²) in [7, 11) is 0. The van der Waals surface area contributed by atoms with Gasteiger partial charge in [0.1, 0.15) is 5.82 Å². The highest BCUT2D eigenvalue weighted by Crippen LogP contribution is 2.25. The van der Waals surface area contributed by atoms with Gasteiger partial charge in [-0.1, -0.05) is 24.9 Å². The number of carbonyl (C=O) groups excluding carboxylic acids is 1. The van der Waals surface area contributed by atoms with Crippen LogP contribution in [0, 0.1) is 12.8 Å². The molecule has 0 atom stereocenters. The Morgan fingerprint density at radius 3 is 2.81 bits per heavy atom. The van der Waals surface area contributed by atoms with Crippen LogP contribution in [0.3, 0.4) is 0 Å². The number of nitrogens with one attached hydrogen (secondary N) is 3. The largest absolute Gasteiger partial charge is 0.368 e. The summed E-state index contributed by atoms with van der Waals surface area (Å²) < 4.78 is 0. The zero-order chi connectivity index (χ0) is 19.2.